The lowest BCUT2D eigenvalue weighted by Gasteiger charge is -2.21. The number of aliphatic hydroxyl groups excluding tert-OH is 1. The van der Waals surface area contributed by atoms with Gasteiger partial charge in [-0.05, 0) is 77.3 Å². The molecule has 0 bridgehead atoms. The lowest BCUT2D eigenvalue weighted by molar-refractivity contribution is 0.0973. The molecule has 2 heterocycles. The first-order chi connectivity index (χ1) is 24.4. The van der Waals surface area contributed by atoms with Crippen molar-refractivity contribution in [3.05, 3.63) is 74.4 Å². The van der Waals surface area contributed by atoms with Crippen molar-refractivity contribution < 1.29 is 45.3 Å². The number of Topliss-reactive ketones (excluding diaryl/α,β-unsaturated/α-hetero) is 1. The Hall–Kier alpha value is -4.88. The van der Waals surface area contributed by atoms with Gasteiger partial charge in [0.1, 0.15) is 39.6 Å². The van der Waals surface area contributed by atoms with Gasteiger partial charge in [0.15, 0.2) is 5.78 Å². The molecule has 4 aromatic rings. The quantitative estimate of drug-likeness (QED) is 0.0253. The minimum atomic E-state index is -3.28. The second-order valence-corrected chi connectivity index (χ2v) is 11.6. The Labute approximate surface area is 293 Å². The van der Waals surface area contributed by atoms with E-state index in [2.05, 4.69) is 4.65 Å². The van der Waals surface area contributed by atoms with Crippen LogP contribution in [-0.2, 0) is 0 Å². The van der Waals surface area contributed by atoms with Crippen molar-refractivity contribution in [2.24, 2.45) is 0 Å². The topological polar surface area (TPSA) is 123 Å². The van der Waals surface area contributed by atoms with Gasteiger partial charge in [0.25, 0.3) is 0 Å². The number of unbranched alkanes of at least 4 members (excludes halogenated alkanes) is 4. The summed E-state index contributed by atoms with van der Waals surface area (Å²) in [5.41, 5.74) is -1.72. The fourth-order valence-electron chi connectivity index (χ4n) is 6.03. The molecule has 0 aliphatic carbocycles. The van der Waals surface area contributed by atoms with Crippen LogP contribution in [0.5, 0.6) is 11.5 Å². The van der Waals surface area contributed by atoms with Crippen LogP contribution in [0.25, 0.3) is 27.7 Å². The molecule has 10 nitrogen and oxygen atoms in total. The van der Waals surface area contributed by atoms with E-state index in [1.807, 2.05) is 37.5 Å². The Bertz CT molecular complexity index is 1980. The largest absolute Gasteiger partial charge is 0.796 e. The number of anilines is 2. The minimum Gasteiger partial charge on any atom is -0.507 e. The number of hydrogen-bond donors (Lipinski definition) is 1. The monoisotopic (exact) mass is 714 g/mol. The first-order valence-electron chi connectivity index (χ1n) is 17.0. The molecule has 0 aliphatic heterocycles. The molecule has 0 fully saturated rings. The molecule has 0 radical (unpaired) electrons. The number of ketones is 1. The maximum absolute atomic E-state index is 13.4. The normalized spacial score (nSPS) is 11.6. The van der Waals surface area contributed by atoms with Crippen molar-refractivity contribution >= 4 is 59.8 Å². The van der Waals surface area contributed by atoms with E-state index in [1.165, 1.54) is 18.2 Å². The minimum absolute atomic E-state index is 0.0201. The SMILES string of the molecule is CCN(CC)c1ccc2c(OB(F)F)c(C(=O)CCCCCC/C=C(\O)c3c(OB(F)F)c4ccc(N(CC)CC)cc4oc3=O)c(=O)oc2c1. The fraction of sp³-hybridized carbons (Fsp3) is 0.400. The number of allylic oxidation sites excluding steroid dienone is 1. The Balaban J connectivity index is 1.42. The number of aliphatic hydroxyl groups is 1. The highest BCUT2D eigenvalue weighted by molar-refractivity contribution is 6.36. The van der Waals surface area contributed by atoms with E-state index >= 15 is 0 Å². The summed E-state index contributed by atoms with van der Waals surface area (Å²) in [4.78, 5) is 42.8. The van der Waals surface area contributed by atoms with E-state index in [0.717, 1.165) is 5.69 Å². The van der Waals surface area contributed by atoms with Gasteiger partial charge in [0.2, 0.25) is 0 Å². The van der Waals surface area contributed by atoms with E-state index < -0.39 is 60.4 Å². The summed E-state index contributed by atoms with van der Waals surface area (Å²) in [6.07, 6.45) is 3.20. The van der Waals surface area contributed by atoms with Crippen LogP contribution in [0.1, 0.15) is 82.1 Å². The number of carbonyl (C=O) groups is 1. The zero-order valence-electron chi connectivity index (χ0n) is 29.0. The molecule has 272 valence electrons. The Morgan fingerprint density at radius 1 is 0.725 bits per heavy atom. The number of nitrogens with zero attached hydrogens (tertiary/aromatic N) is 2. The highest BCUT2D eigenvalue weighted by atomic mass is 19.2. The van der Waals surface area contributed by atoms with E-state index in [1.54, 1.807) is 24.3 Å². The highest BCUT2D eigenvalue weighted by Crippen LogP contribution is 2.35. The van der Waals surface area contributed by atoms with E-state index in [9.17, 15) is 36.8 Å². The molecule has 16 heteroatoms. The third-order valence-electron chi connectivity index (χ3n) is 8.59. The standard InChI is InChI=1S/C35H40B2F4N2O8/c1-5-42(6-2)22-16-18-24-28(20-22)48-34(46)30(32(24)50-36(38)39)26(44)14-12-10-9-11-13-15-27(45)31-33(51-37(40)41)25-19-17-23(43(7-3)8-4)21-29(25)49-35(31)47/h14,16-21,44H,5-13,15H2,1-4H3/b26-14-. The molecule has 2 aromatic carbocycles. The lowest BCUT2D eigenvalue weighted by Crippen LogP contribution is -2.22. The second-order valence-electron chi connectivity index (χ2n) is 11.6. The van der Waals surface area contributed by atoms with Gasteiger partial charge >= 0.3 is 26.2 Å². The van der Waals surface area contributed by atoms with Gasteiger partial charge in [-0.15, -0.1) is 0 Å². The number of carbonyl (C=O) groups excluding carboxylic acids is 1. The summed E-state index contributed by atoms with van der Waals surface area (Å²) in [5, 5.41) is 10.9. The average molecular weight is 714 g/mol. The van der Waals surface area contributed by atoms with Crippen LogP contribution >= 0.6 is 0 Å². The summed E-state index contributed by atoms with van der Waals surface area (Å²) < 4.78 is 73.8. The lowest BCUT2D eigenvalue weighted by atomic mass is 10.0. The van der Waals surface area contributed by atoms with Crippen molar-refractivity contribution in [2.45, 2.75) is 66.2 Å². The van der Waals surface area contributed by atoms with Crippen molar-refractivity contribution in [3.63, 3.8) is 0 Å². The van der Waals surface area contributed by atoms with Crippen LogP contribution in [0, 0.1) is 0 Å². The molecule has 1 N–H and O–H groups in total. The number of fused-ring (bicyclic) bond motifs is 2. The molecular weight excluding hydrogens is 674 g/mol. The molecule has 0 spiro atoms. The summed E-state index contributed by atoms with van der Waals surface area (Å²) >= 11 is 0. The van der Waals surface area contributed by atoms with Crippen LogP contribution in [-0.4, -0.2) is 52.0 Å². The van der Waals surface area contributed by atoms with Gasteiger partial charge in [-0.3, -0.25) is 4.79 Å². The van der Waals surface area contributed by atoms with E-state index in [-0.39, 0.29) is 34.8 Å². The molecule has 0 saturated heterocycles. The van der Waals surface area contributed by atoms with Crippen molar-refractivity contribution in [2.75, 3.05) is 36.0 Å². The highest BCUT2D eigenvalue weighted by Gasteiger charge is 2.29. The molecule has 0 saturated carbocycles. The average Bonchev–Trinajstić information content (AvgIpc) is 3.08. The van der Waals surface area contributed by atoms with Crippen molar-refractivity contribution in [3.8, 4) is 11.5 Å². The third kappa shape index (κ3) is 9.27. The molecule has 0 amide bonds. The number of hydrogen-bond acceptors (Lipinski definition) is 10. The molecule has 4 rings (SSSR count). The summed E-state index contributed by atoms with van der Waals surface area (Å²) in [6.45, 7) is 10.4. The van der Waals surface area contributed by atoms with Crippen LogP contribution in [0.15, 0.2) is 60.9 Å². The van der Waals surface area contributed by atoms with Crippen LogP contribution < -0.4 is 30.4 Å². The number of rotatable bonds is 19. The van der Waals surface area contributed by atoms with Gasteiger partial charge in [-0.25, -0.2) is 26.9 Å². The van der Waals surface area contributed by atoms with Crippen LogP contribution in [0.4, 0.5) is 28.6 Å². The van der Waals surface area contributed by atoms with Gasteiger partial charge in [-0.1, -0.05) is 12.8 Å². The Kier molecular flexibility index (Phi) is 13.6. The third-order valence-corrected chi connectivity index (χ3v) is 8.59. The molecule has 0 atom stereocenters. The Morgan fingerprint density at radius 2 is 1.18 bits per heavy atom. The molecular formula is C35H40B2F4N2O8. The molecule has 2 aromatic heterocycles. The summed E-state index contributed by atoms with van der Waals surface area (Å²) in [6, 6.07) is 9.44. The van der Waals surface area contributed by atoms with Gasteiger partial charge in [0, 0.05) is 56.1 Å². The zero-order chi connectivity index (χ0) is 37.2. The molecule has 51 heavy (non-hydrogen) atoms. The predicted molar refractivity (Wildman–Crippen MR) is 192 cm³/mol. The van der Waals surface area contributed by atoms with Gasteiger partial charge < -0.3 is 33.0 Å². The fourth-order valence-corrected chi connectivity index (χ4v) is 6.03. The number of benzene rings is 2. The van der Waals surface area contributed by atoms with Crippen molar-refractivity contribution in [1.82, 2.24) is 0 Å². The zero-order valence-corrected chi connectivity index (χ0v) is 29.0. The van der Waals surface area contributed by atoms with Gasteiger partial charge in [-0.2, -0.15) is 0 Å². The second kappa shape index (κ2) is 17.9. The first-order valence-corrected chi connectivity index (χ1v) is 17.0. The van der Waals surface area contributed by atoms with Crippen LogP contribution in [0.3, 0.4) is 0 Å². The van der Waals surface area contributed by atoms with Crippen molar-refractivity contribution in [1.29, 1.82) is 0 Å². The van der Waals surface area contributed by atoms with E-state index in [4.69, 9.17) is 13.5 Å². The van der Waals surface area contributed by atoms with E-state index in [0.29, 0.717) is 57.5 Å². The molecule has 0 unspecified atom stereocenters. The summed E-state index contributed by atoms with van der Waals surface area (Å²) in [5.74, 6) is -2.30. The summed E-state index contributed by atoms with van der Waals surface area (Å²) in [7, 11) is -6.55. The maximum Gasteiger partial charge on any atom is 0.796 e. The van der Waals surface area contributed by atoms with Gasteiger partial charge in [0.05, 0.1) is 10.8 Å². The number of halogens is 4. The maximum atomic E-state index is 13.4. The predicted octanol–water partition coefficient (Wildman–Crippen LogP) is 8.32. The smallest absolute Gasteiger partial charge is 0.507 e. The first kappa shape index (κ1) is 38.9. The van der Waals surface area contributed by atoms with Crippen LogP contribution in [0.2, 0.25) is 0 Å². The molecule has 0 aliphatic rings. The Morgan fingerprint density at radius 3 is 1.65 bits per heavy atom.